The maximum atomic E-state index is 12.7. The number of amides is 1. The van der Waals surface area contributed by atoms with Gasteiger partial charge in [0.2, 0.25) is 0 Å². The molecule has 88 valence electrons. The van der Waals surface area contributed by atoms with Crippen molar-refractivity contribution in [3.05, 3.63) is 35.6 Å². The maximum Gasteiger partial charge on any atom is 0.253 e. The van der Waals surface area contributed by atoms with Crippen molar-refractivity contribution in [1.82, 2.24) is 10.2 Å². The Morgan fingerprint density at radius 2 is 2.00 bits per heavy atom. The van der Waals surface area contributed by atoms with Crippen LogP contribution in [0.4, 0.5) is 4.39 Å². The Kier molecular flexibility index (Phi) is 4.92. The molecule has 0 atom stereocenters. The third kappa shape index (κ3) is 3.62. The predicted octanol–water partition coefficient (Wildman–Crippen LogP) is 1.51. The zero-order chi connectivity index (χ0) is 12.0. The number of hydrogen-bond donors (Lipinski definition) is 1. The lowest BCUT2D eigenvalue weighted by Crippen LogP contribution is -2.29. The molecule has 1 N–H and O–H groups in total. The molecule has 0 aromatic heterocycles. The van der Waals surface area contributed by atoms with E-state index in [-0.39, 0.29) is 11.7 Å². The van der Waals surface area contributed by atoms with Gasteiger partial charge < -0.3 is 10.2 Å². The first-order valence-corrected chi connectivity index (χ1v) is 5.31. The molecule has 0 bridgehead atoms. The van der Waals surface area contributed by atoms with Gasteiger partial charge in [0, 0.05) is 19.2 Å². The van der Waals surface area contributed by atoms with Crippen molar-refractivity contribution in [2.24, 2.45) is 0 Å². The zero-order valence-electron chi connectivity index (χ0n) is 9.66. The van der Waals surface area contributed by atoms with Crippen molar-refractivity contribution in [3.63, 3.8) is 0 Å². The largest absolute Gasteiger partial charge is 0.342 e. The van der Waals surface area contributed by atoms with Crippen LogP contribution in [0.15, 0.2) is 24.3 Å². The van der Waals surface area contributed by atoms with E-state index in [4.69, 9.17) is 0 Å². The minimum atomic E-state index is -0.325. The van der Waals surface area contributed by atoms with Crippen molar-refractivity contribution in [3.8, 4) is 0 Å². The van der Waals surface area contributed by atoms with E-state index in [0.717, 1.165) is 13.0 Å². The zero-order valence-corrected chi connectivity index (χ0v) is 9.66. The molecule has 0 saturated carbocycles. The number of carbonyl (C=O) groups is 1. The number of carbonyl (C=O) groups excluding carboxylic acids is 1. The van der Waals surface area contributed by atoms with Gasteiger partial charge in [0.05, 0.1) is 0 Å². The van der Waals surface area contributed by atoms with E-state index in [9.17, 15) is 9.18 Å². The molecule has 0 unspecified atom stereocenters. The Balaban J connectivity index is 2.53. The van der Waals surface area contributed by atoms with Gasteiger partial charge in [0.15, 0.2) is 0 Å². The van der Waals surface area contributed by atoms with Crippen LogP contribution < -0.4 is 5.32 Å². The minimum Gasteiger partial charge on any atom is -0.342 e. The third-order valence-corrected chi connectivity index (χ3v) is 2.36. The Labute approximate surface area is 95.3 Å². The van der Waals surface area contributed by atoms with Crippen LogP contribution in [-0.4, -0.2) is 38.0 Å². The SMILES string of the molecule is CNCCCN(C)C(=O)c1ccc(F)cc1. The molecule has 4 heteroatoms. The number of halogens is 1. The van der Waals surface area contributed by atoms with Gasteiger partial charge in [-0.2, -0.15) is 0 Å². The molecule has 0 spiro atoms. The molecule has 16 heavy (non-hydrogen) atoms. The van der Waals surface area contributed by atoms with Gasteiger partial charge in [-0.05, 0) is 44.3 Å². The van der Waals surface area contributed by atoms with Gasteiger partial charge in [0.25, 0.3) is 5.91 Å². The van der Waals surface area contributed by atoms with E-state index in [0.29, 0.717) is 12.1 Å². The van der Waals surface area contributed by atoms with Gasteiger partial charge >= 0.3 is 0 Å². The van der Waals surface area contributed by atoms with Crippen molar-refractivity contribution < 1.29 is 9.18 Å². The summed E-state index contributed by atoms with van der Waals surface area (Å²) < 4.78 is 12.7. The number of hydrogen-bond acceptors (Lipinski definition) is 2. The van der Waals surface area contributed by atoms with E-state index < -0.39 is 0 Å². The lowest BCUT2D eigenvalue weighted by atomic mass is 10.2. The first kappa shape index (κ1) is 12.6. The summed E-state index contributed by atoms with van der Waals surface area (Å²) in [7, 11) is 3.63. The highest BCUT2D eigenvalue weighted by Crippen LogP contribution is 2.05. The molecule has 0 aliphatic carbocycles. The second-order valence-electron chi connectivity index (χ2n) is 3.69. The molecule has 1 rings (SSSR count). The van der Waals surface area contributed by atoms with Gasteiger partial charge in [-0.25, -0.2) is 4.39 Å². The molecule has 0 aliphatic rings. The second kappa shape index (κ2) is 6.23. The van der Waals surface area contributed by atoms with Crippen LogP contribution in [0.25, 0.3) is 0 Å². The summed E-state index contributed by atoms with van der Waals surface area (Å²) in [6.45, 7) is 1.57. The Morgan fingerprint density at radius 1 is 1.38 bits per heavy atom. The molecule has 1 amide bonds. The number of nitrogens with zero attached hydrogens (tertiary/aromatic N) is 1. The standard InChI is InChI=1S/C12H17FN2O/c1-14-8-3-9-15(2)12(16)10-4-6-11(13)7-5-10/h4-7,14H,3,8-9H2,1-2H3. The normalized spacial score (nSPS) is 10.2. The fraction of sp³-hybridized carbons (Fsp3) is 0.417. The average Bonchev–Trinajstić information content (AvgIpc) is 2.29. The number of rotatable bonds is 5. The van der Waals surface area contributed by atoms with E-state index >= 15 is 0 Å². The van der Waals surface area contributed by atoms with Crippen LogP contribution in [0, 0.1) is 5.82 Å². The highest BCUT2D eigenvalue weighted by molar-refractivity contribution is 5.93. The van der Waals surface area contributed by atoms with E-state index in [1.54, 1.807) is 11.9 Å². The molecular weight excluding hydrogens is 207 g/mol. The summed E-state index contributed by atoms with van der Waals surface area (Å²) in [5.74, 6) is -0.398. The minimum absolute atomic E-state index is 0.0731. The smallest absolute Gasteiger partial charge is 0.253 e. The van der Waals surface area contributed by atoms with Crippen LogP contribution >= 0.6 is 0 Å². The summed E-state index contributed by atoms with van der Waals surface area (Å²) in [4.78, 5) is 13.5. The molecular formula is C12H17FN2O. The quantitative estimate of drug-likeness (QED) is 0.769. The predicted molar refractivity (Wildman–Crippen MR) is 61.9 cm³/mol. The van der Waals surface area contributed by atoms with Crippen molar-refractivity contribution in [2.45, 2.75) is 6.42 Å². The fourth-order valence-electron chi connectivity index (χ4n) is 1.41. The topological polar surface area (TPSA) is 32.3 Å². The molecule has 0 heterocycles. The summed E-state index contributed by atoms with van der Waals surface area (Å²) in [6.07, 6.45) is 0.903. The van der Waals surface area contributed by atoms with Crippen LogP contribution in [0.1, 0.15) is 16.8 Å². The van der Waals surface area contributed by atoms with Crippen LogP contribution in [0.2, 0.25) is 0 Å². The Bertz CT molecular complexity index is 337. The van der Waals surface area contributed by atoms with Crippen molar-refractivity contribution >= 4 is 5.91 Å². The summed E-state index contributed by atoms with van der Waals surface area (Å²) in [5, 5.41) is 3.02. The molecule has 1 aromatic rings. The molecule has 0 saturated heterocycles. The summed E-state index contributed by atoms with van der Waals surface area (Å²) in [6, 6.07) is 5.61. The summed E-state index contributed by atoms with van der Waals surface area (Å²) >= 11 is 0. The number of benzene rings is 1. The number of nitrogens with one attached hydrogen (secondary N) is 1. The van der Waals surface area contributed by atoms with Gasteiger partial charge in [-0.3, -0.25) is 4.79 Å². The molecule has 0 radical (unpaired) electrons. The van der Waals surface area contributed by atoms with Crippen LogP contribution in [0.5, 0.6) is 0 Å². The van der Waals surface area contributed by atoms with Gasteiger partial charge in [-0.1, -0.05) is 0 Å². The second-order valence-corrected chi connectivity index (χ2v) is 3.69. The molecule has 0 fully saturated rings. The lowest BCUT2D eigenvalue weighted by molar-refractivity contribution is 0.0793. The highest BCUT2D eigenvalue weighted by atomic mass is 19.1. The average molecular weight is 224 g/mol. The Morgan fingerprint density at radius 3 is 2.56 bits per heavy atom. The first-order valence-electron chi connectivity index (χ1n) is 5.31. The summed E-state index contributed by atoms with van der Waals surface area (Å²) in [5.41, 5.74) is 0.522. The maximum absolute atomic E-state index is 12.7. The molecule has 0 aliphatic heterocycles. The lowest BCUT2D eigenvalue weighted by Gasteiger charge is -2.16. The third-order valence-electron chi connectivity index (χ3n) is 2.36. The van der Waals surface area contributed by atoms with Crippen LogP contribution in [0.3, 0.4) is 0 Å². The first-order chi connectivity index (χ1) is 7.65. The van der Waals surface area contributed by atoms with E-state index in [2.05, 4.69) is 5.32 Å². The van der Waals surface area contributed by atoms with Crippen molar-refractivity contribution in [2.75, 3.05) is 27.2 Å². The van der Waals surface area contributed by atoms with E-state index in [1.165, 1.54) is 24.3 Å². The van der Waals surface area contributed by atoms with Crippen molar-refractivity contribution in [1.29, 1.82) is 0 Å². The molecule has 3 nitrogen and oxygen atoms in total. The monoisotopic (exact) mass is 224 g/mol. The van der Waals surface area contributed by atoms with E-state index in [1.807, 2.05) is 7.05 Å². The van der Waals surface area contributed by atoms with Gasteiger partial charge in [0.1, 0.15) is 5.82 Å². The highest BCUT2D eigenvalue weighted by Gasteiger charge is 2.10. The fourth-order valence-corrected chi connectivity index (χ4v) is 1.41. The Hall–Kier alpha value is -1.42. The van der Waals surface area contributed by atoms with Crippen LogP contribution in [-0.2, 0) is 0 Å². The molecule has 1 aromatic carbocycles. The van der Waals surface area contributed by atoms with Gasteiger partial charge in [-0.15, -0.1) is 0 Å².